The highest BCUT2D eigenvalue weighted by Gasteiger charge is 2.54. The Hall–Kier alpha value is -0.120. The van der Waals surface area contributed by atoms with Gasteiger partial charge in [0.25, 0.3) is 0 Å². The number of aliphatic hydroxyl groups excluding tert-OH is 1. The summed E-state index contributed by atoms with van der Waals surface area (Å²) in [5.41, 5.74) is 5.34. The maximum atomic E-state index is 9.09. The molecule has 0 spiro atoms. The Morgan fingerprint density at radius 3 is 2.00 bits per heavy atom. The molecule has 0 amide bonds. The van der Waals surface area contributed by atoms with Crippen LogP contribution in [-0.4, -0.2) is 29.5 Å². The molecule has 0 unspecified atom stereocenters. The summed E-state index contributed by atoms with van der Waals surface area (Å²) < 4.78 is 5.77. The van der Waals surface area contributed by atoms with Crippen LogP contribution in [-0.2, 0) is 4.74 Å². The van der Waals surface area contributed by atoms with Crippen molar-refractivity contribution >= 4 is 0 Å². The lowest BCUT2D eigenvalue weighted by Crippen LogP contribution is -2.34. The van der Waals surface area contributed by atoms with E-state index in [1.54, 1.807) is 0 Å². The number of aliphatic hydroxyl groups is 1. The Kier molecular flexibility index (Phi) is 1.50. The molecule has 2 bridgehead atoms. The van der Waals surface area contributed by atoms with Gasteiger partial charge < -0.3 is 15.6 Å². The van der Waals surface area contributed by atoms with Crippen molar-refractivity contribution in [3.05, 3.63) is 0 Å². The van der Waals surface area contributed by atoms with Crippen LogP contribution in [0.5, 0.6) is 0 Å². The minimum absolute atomic E-state index is 0.0667. The number of hydrogen-bond acceptors (Lipinski definition) is 3. The Balaban J connectivity index is 2.15. The maximum absolute atomic E-state index is 9.09. The van der Waals surface area contributed by atoms with E-state index in [0.29, 0.717) is 6.54 Å². The molecule has 2 aliphatic rings. The topological polar surface area (TPSA) is 55.5 Å². The van der Waals surface area contributed by atoms with Crippen molar-refractivity contribution in [3.63, 3.8) is 0 Å². The molecular formula is C8H15NO2. The molecule has 0 aliphatic carbocycles. The van der Waals surface area contributed by atoms with Gasteiger partial charge in [-0.3, -0.25) is 0 Å². The number of hydrogen-bond donors (Lipinski definition) is 2. The fraction of sp³-hybridized carbons (Fsp3) is 1.00. The van der Waals surface area contributed by atoms with E-state index in [-0.39, 0.29) is 17.8 Å². The SMILES string of the molecule is NCC12CCC(CO)(CC1)O2. The fourth-order valence-corrected chi connectivity index (χ4v) is 2.26. The molecule has 2 heterocycles. The van der Waals surface area contributed by atoms with Gasteiger partial charge in [-0.15, -0.1) is 0 Å². The summed E-state index contributed by atoms with van der Waals surface area (Å²) in [4.78, 5) is 0. The maximum Gasteiger partial charge on any atom is 0.0922 e. The van der Waals surface area contributed by atoms with E-state index in [2.05, 4.69) is 0 Å². The van der Waals surface area contributed by atoms with Gasteiger partial charge in [0.2, 0.25) is 0 Å². The van der Waals surface area contributed by atoms with Crippen LogP contribution in [0.4, 0.5) is 0 Å². The zero-order valence-electron chi connectivity index (χ0n) is 6.68. The standard InChI is InChI=1S/C8H15NO2/c9-5-7-1-3-8(6-10,11-7)4-2-7/h10H,1-6,9H2. The van der Waals surface area contributed by atoms with Crippen LogP contribution in [0.3, 0.4) is 0 Å². The van der Waals surface area contributed by atoms with Crippen molar-refractivity contribution in [1.29, 1.82) is 0 Å². The number of fused-ring (bicyclic) bond motifs is 2. The van der Waals surface area contributed by atoms with E-state index < -0.39 is 0 Å². The smallest absolute Gasteiger partial charge is 0.0922 e. The predicted octanol–water partition coefficient (Wildman–Crippen LogP) is 0.0192. The van der Waals surface area contributed by atoms with E-state index >= 15 is 0 Å². The van der Waals surface area contributed by atoms with Gasteiger partial charge in [0, 0.05) is 6.54 Å². The van der Waals surface area contributed by atoms with Gasteiger partial charge in [0.1, 0.15) is 0 Å². The molecule has 0 aromatic carbocycles. The van der Waals surface area contributed by atoms with Gasteiger partial charge in [0.15, 0.2) is 0 Å². The lowest BCUT2D eigenvalue weighted by molar-refractivity contribution is -0.0688. The molecule has 3 N–H and O–H groups in total. The molecule has 2 saturated heterocycles. The van der Waals surface area contributed by atoms with Crippen LogP contribution in [0.2, 0.25) is 0 Å². The van der Waals surface area contributed by atoms with Crippen LogP contribution < -0.4 is 5.73 Å². The second-order valence-electron chi connectivity index (χ2n) is 3.83. The highest BCUT2D eigenvalue weighted by molar-refractivity contribution is 5.05. The van der Waals surface area contributed by atoms with E-state index in [0.717, 1.165) is 25.7 Å². The minimum atomic E-state index is -0.209. The van der Waals surface area contributed by atoms with E-state index in [4.69, 9.17) is 15.6 Å². The third-order valence-corrected chi connectivity index (χ3v) is 3.17. The molecule has 2 aliphatic heterocycles. The second-order valence-corrected chi connectivity index (χ2v) is 3.83. The van der Waals surface area contributed by atoms with Crippen molar-refractivity contribution in [3.8, 4) is 0 Å². The predicted molar refractivity (Wildman–Crippen MR) is 41.2 cm³/mol. The fourth-order valence-electron chi connectivity index (χ4n) is 2.26. The van der Waals surface area contributed by atoms with E-state index in [9.17, 15) is 0 Å². The van der Waals surface area contributed by atoms with Crippen molar-refractivity contribution in [2.24, 2.45) is 5.73 Å². The van der Waals surface area contributed by atoms with Gasteiger partial charge in [-0.2, -0.15) is 0 Å². The molecule has 3 heteroatoms. The first-order valence-electron chi connectivity index (χ1n) is 4.25. The van der Waals surface area contributed by atoms with Gasteiger partial charge in [-0.05, 0) is 25.7 Å². The monoisotopic (exact) mass is 157 g/mol. The van der Waals surface area contributed by atoms with Crippen LogP contribution >= 0.6 is 0 Å². The molecule has 0 aromatic heterocycles. The van der Waals surface area contributed by atoms with Gasteiger partial charge in [-0.25, -0.2) is 0 Å². The van der Waals surface area contributed by atoms with E-state index in [1.165, 1.54) is 0 Å². The minimum Gasteiger partial charge on any atom is -0.393 e. The summed E-state index contributed by atoms with van der Waals surface area (Å²) in [5.74, 6) is 0. The molecule has 0 aromatic rings. The summed E-state index contributed by atoms with van der Waals surface area (Å²) in [6.45, 7) is 0.767. The number of rotatable bonds is 2. The first-order chi connectivity index (χ1) is 5.24. The number of nitrogens with two attached hydrogens (primary N) is 1. The molecule has 3 nitrogen and oxygen atoms in total. The molecule has 11 heavy (non-hydrogen) atoms. The Labute approximate surface area is 66.5 Å². The summed E-state index contributed by atoms with van der Waals surface area (Å²) in [5, 5.41) is 9.09. The summed E-state index contributed by atoms with van der Waals surface area (Å²) in [6, 6.07) is 0. The summed E-state index contributed by atoms with van der Waals surface area (Å²) >= 11 is 0. The second kappa shape index (κ2) is 2.19. The Morgan fingerprint density at radius 2 is 1.73 bits per heavy atom. The molecule has 2 fully saturated rings. The Morgan fingerprint density at radius 1 is 1.18 bits per heavy atom. The zero-order chi connectivity index (χ0) is 7.95. The molecule has 2 rings (SSSR count). The molecule has 0 radical (unpaired) electrons. The average molecular weight is 157 g/mol. The molecule has 64 valence electrons. The van der Waals surface area contributed by atoms with Gasteiger partial charge in [0.05, 0.1) is 17.8 Å². The quantitative estimate of drug-likeness (QED) is 0.594. The lowest BCUT2D eigenvalue weighted by Gasteiger charge is -2.21. The van der Waals surface area contributed by atoms with Crippen LogP contribution in [0.1, 0.15) is 25.7 Å². The lowest BCUT2D eigenvalue weighted by atomic mass is 9.82. The van der Waals surface area contributed by atoms with Crippen molar-refractivity contribution in [2.45, 2.75) is 36.9 Å². The van der Waals surface area contributed by atoms with Crippen molar-refractivity contribution in [2.75, 3.05) is 13.2 Å². The number of ether oxygens (including phenoxy) is 1. The van der Waals surface area contributed by atoms with Crippen LogP contribution in [0, 0.1) is 0 Å². The molecule has 0 saturated carbocycles. The highest BCUT2D eigenvalue weighted by Crippen LogP contribution is 2.49. The summed E-state index contributed by atoms with van der Waals surface area (Å²) in [7, 11) is 0. The van der Waals surface area contributed by atoms with Gasteiger partial charge in [-0.1, -0.05) is 0 Å². The van der Waals surface area contributed by atoms with Crippen molar-refractivity contribution < 1.29 is 9.84 Å². The normalized spacial score (nSPS) is 48.5. The first-order valence-corrected chi connectivity index (χ1v) is 4.25. The highest BCUT2D eigenvalue weighted by atomic mass is 16.5. The van der Waals surface area contributed by atoms with E-state index in [1.807, 2.05) is 0 Å². The third kappa shape index (κ3) is 0.916. The largest absolute Gasteiger partial charge is 0.393 e. The average Bonchev–Trinajstić information content (AvgIpc) is 2.61. The first kappa shape index (κ1) is 7.53. The van der Waals surface area contributed by atoms with Gasteiger partial charge >= 0.3 is 0 Å². The zero-order valence-corrected chi connectivity index (χ0v) is 6.68. The van der Waals surface area contributed by atoms with Crippen LogP contribution in [0.15, 0.2) is 0 Å². The summed E-state index contributed by atoms with van der Waals surface area (Å²) in [6.07, 6.45) is 4.04. The van der Waals surface area contributed by atoms with Crippen LogP contribution in [0.25, 0.3) is 0 Å². The molecular weight excluding hydrogens is 142 g/mol. The Bertz CT molecular complexity index is 143. The molecule has 0 atom stereocenters. The third-order valence-electron chi connectivity index (χ3n) is 3.17. The van der Waals surface area contributed by atoms with Crippen molar-refractivity contribution in [1.82, 2.24) is 0 Å².